The molecule has 4 aromatic rings. The molecule has 4 aromatic carbocycles. The van der Waals surface area contributed by atoms with E-state index in [-0.39, 0.29) is 24.0 Å². The van der Waals surface area contributed by atoms with Gasteiger partial charge >= 0.3 is 0 Å². The number of aryl methyl sites for hydroxylation is 1. The summed E-state index contributed by atoms with van der Waals surface area (Å²) in [6, 6.07) is 28.1. The standard InChI is InChI=1S/C41H39N3O5/c1-23-14-17-26(18-15-23)42-44-37(47)31-22-30-28(19-20-29-33(30)38(48)43(36(29)46)40(2,3)4)35(41(31,39(44)49)25-11-6-5-7-12-25)34-27-13-9-8-10-24(27)16-21-32(34)45/h5-19,21,29-31,33,35,42,45H,20,22H2,1-4H3. The molecule has 0 bridgehead atoms. The monoisotopic (exact) mass is 653 g/mol. The molecule has 2 heterocycles. The summed E-state index contributed by atoms with van der Waals surface area (Å²) in [5.74, 6) is -4.67. The first-order valence-electron chi connectivity index (χ1n) is 17.0. The number of benzene rings is 4. The van der Waals surface area contributed by atoms with E-state index < -0.39 is 52.4 Å². The lowest BCUT2D eigenvalue weighted by molar-refractivity contribution is -0.146. The number of hydrogen-bond acceptors (Lipinski definition) is 6. The zero-order valence-electron chi connectivity index (χ0n) is 28.0. The number of hydrazine groups is 1. The Kier molecular flexibility index (Phi) is 6.90. The van der Waals surface area contributed by atoms with Crippen LogP contribution in [0.25, 0.3) is 10.8 Å². The van der Waals surface area contributed by atoms with Gasteiger partial charge in [-0.25, -0.2) is 0 Å². The molecule has 6 atom stereocenters. The number of aromatic hydroxyl groups is 1. The van der Waals surface area contributed by atoms with E-state index in [2.05, 4.69) is 5.43 Å². The molecule has 0 spiro atoms. The van der Waals surface area contributed by atoms with Crippen LogP contribution in [0.1, 0.15) is 56.2 Å². The van der Waals surface area contributed by atoms with Crippen LogP contribution in [0.15, 0.2) is 103 Å². The number of imide groups is 2. The van der Waals surface area contributed by atoms with Crippen molar-refractivity contribution in [1.29, 1.82) is 0 Å². The summed E-state index contributed by atoms with van der Waals surface area (Å²) in [5.41, 5.74) is 4.63. The summed E-state index contributed by atoms with van der Waals surface area (Å²) in [6.45, 7) is 7.55. The highest BCUT2D eigenvalue weighted by atomic mass is 16.3. The number of nitrogens with one attached hydrogen (secondary N) is 1. The second-order valence-corrected chi connectivity index (χ2v) is 15.0. The third-order valence-electron chi connectivity index (χ3n) is 11.3. The predicted octanol–water partition coefficient (Wildman–Crippen LogP) is 6.64. The largest absolute Gasteiger partial charge is 0.508 e. The van der Waals surface area contributed by atoms with Gasteiger partial charge in [0.2, 0.25) is 11.8 Å². The van der Waals surface area contributed by atoms with Crippen molar-refractivity contribution in [2.75, 3.05) is 5.43 Å². The Morgan fingerprint density at radius 3 is 2.20 bits per heavy atom. The summed E-state index contributed by atoms with van der Waals surface area (Å²) >= 11 is 0. The zero-order chi connectivity index (χ0) is 34.4. The maximum atomic E-state index is 15.4. The molecule has 3 fully saturated rings. The maximum absolute atomic E-state index is 15.4. The van der Waals surface area contributed by atoms with Crippen LogP contribution in [0.2, 0.25) is 0 Å². The fraction of sp³-hybridized carbons (Fsp3) is 0.317. The van der Waals surface area contributed by atoms with E-state index in [1.807, 2.05) is 119 Å². The predicted molar refractivity (Wildman–Crippen MR) is 186 cm³/mol. The molecule has 1 saturated carbocycles. The van der Waals surface area contributed by atoms with Gasteiger partial charge in [0.1, 0.15) is 5.75 Å². The molecule has 49 heavy (non-hydrogen) atoms. The second-order valence-electron chi connectivity index (χ2n) is 15.0. The summed E-state index contributed by atoms with van der Waals surface area (Å²) in [6.07, 6.45) is 2.57. The van der Waals surface area contributed by atoms with Gasteiger partial charge in [0.05, 0.1) is 28.9 Å². The molecule has 248 valence electrons. The molecule has 4 aliphatic rings. The lowest BCUT2D eigenvalue weighted by Gasteiger charge is -2.51. The Labute approximate surface area is 285 Å². The van der Waals surface area contributed by atoms with Crippen molar-refractivity contribution in [2.45, 2.75) is 57.4 Å². The average molecular weight is 654 g/mol. The van der Waals surface area contributed by atoms with Crippen LogP contribution in [-0.4, -0.2) is 44.2 Å². The van der Waals surface area contributed by atoms with E-state index in [1.165, 1.54) is 4.90 Å². The average Bonchev–Trinajstić information content (AvgIpc) is 3.47. The lowest BCUT2D eigenvalue weighted by atomic mass is 9.48. The number of fused-ring (bicyclic) bond motifs is 5. The van der Waals surface area contributed by atoms with Crippen LogP contribution >= 0.6 is 0 Å². The number of likely N-dealkylation sites (tertiary alicyclic amines) is 1. The summed E-state index contributed by atoms with van der Waals surface area (Å²) in [4.78, 5) is 59.8. The Morgan fingerprint density at radius 2 is 1.49 bits per heavy atom. The van der Waals surface area contributed by atoms with E-state index in [0.717, 1.165) is 26.9 Å². The van der Waals surface area contributed by atoms with Gasteiger partial charge in [0.25, 0.3) is 11.8 Å². The minimum Gasteiger partial charge on any atom is -0.508 e. The number of carbonyl (C=O) groups excluding carboxylic acids is 4. The van der Waals surface area contributed by atoms with Gasteiger partial charge in [0, 0.05) is 17.0 Å². The lowest BCUT2D eigenvalue weighted by Crippen LogP contribution is -2.53. The highest BCUT2D eigenvalue weighted by Crippen LogP contribution is 2.65. The van der Waals surface area contributed by atoms with Gasteiger partial charge in [-0.15, -0.1) is 0 Å². The minimum absolute atomic E-state index is 0.0109. The fourth-order valence-corrected chi connectivity index (χ4v) is 9.31. The second kappa shape index (κ2) is 10.9. The number of rotatable bonds is 4. The molecule has 0 aromatic heterocycles. The Morgan fingerprint density at radius 1 is 0.796 bits per heavy atom. The van der Waals surface area contributed by atoms with Crippen LogP contribution in [0.5, 0.6) is 5.75 Å². The van der Waals surface area contributed by atoms with Crippen LogP contribution < -0.4 is 5.43 Å². The number of phenolic OH excluding ortho intramolecular Hbond substituents is 1. The number of nitrogens with zero attached hydrogens (tertiary/aromatic N) is 2. The van der Waals surface area contributed by atoms with Gasteiger partial charge in [-0.2, -0.15) is 5.01 Å². The van der Waals surface area contributed by atoms with E-state index in [1.54, 1.807) is 6.07 Å². The number of phenols is 1. The first-order chi connectivity index (χ1) is 23.4. The summed E-state index contributed by atoms with van der Waals surface area (Å²) < 4.78 is 0. The molecule has 6 unspecified atom stereocenters. The molecule has 8 rings (SSSR count). The van der Waals surface area contributed by atoms with E-state index >= 15 is 4.79 Å². The fourth-order valence-electron chi connectivity index (χ4n) is 9.31. The third kappa shape index (κ3) is 4.35. The highest BCUT2D eigenvalue weighted by molar-refractivity contribution is 6.13. The normalized spacial score (nSPS) is 28.0. The van der Waals surface area contributed by atoms with Crippen molar-refractivity contribution in [3.63, 3.8) is 0 Å². The Balaban J connectivity index is 1.40. The van der Waals surface area contributed by atoms with Gasteiger partial charge in [-0.05, 0) is 81.0 Å². The third-order valence-corrected chi connectivity index (χ3v) is 11.3. The molecular weight excluding hydrogens is 614 g/mol. The number of anilines is 1. The van der Waals surface area contributed by atoms with Crippen molar-refractivity contribution < 1.29 is 24.3 Å². The van der Waals surface area contributed by atoms with Gasteiger partial charge < -0.3 is 5.11 Å². The van der Waals surface area contributed by atoms with Crippen LogP contribution in [0, 0.1) is 30.6 Å². The number of allylic oxidation sites excluding steroid dienone is 2. The molecule has 4 amide bonds. The SMILES string of the molecule is Cc1ccc(NN2C(=O)C3CC4C(=CCC5C(=O)N(C(C)(C)C)C(=O)C54)C(c4c(O)ccc5ccccc45)C3(c3ccccc3)C2=O)cc1. The van der Waals surface area contributed by atoms with E-state index in [9.17, 15) is 19.5 Å². The number of amides is 4. The first-order valence-corrected chi connectivity index (χ1v) is 17.0. The smallest absolute Gasteiger partial charge is 0.260 e. The summed E-state index contributed by atoms with van der Waals surface area (Å²) in [5, 5.41) is 14.7. The molecule has 2 aliphatic carbocycles. The molecule has 2 saturated heterocycles. The Bertz CT molecular complexity index is 2080. The summed E-state index contributed by atoms with van der Waals surface area (Å²) in [7, 11) is 0. The molecular formula is C41H39N3O5. The van der Waals surface area contributed by atoms with Gasteiger partial charge in [-0.3, -0.25) is 29.5 Å². The molecule has 0 radical (unpaired) electrons. The maximum Gasteiger partial charge on any atom is 0.260 e. The van der Waals surface area contributed by atoms with Crippen molar-refractivity contribution in [3.05, 3.63) is 119 Å². The van der Waals surface area contributed by atoms with Crippen LogP contribution in [0.4, 0.5) is 5.69 Å². The van der Waals surface area contributed by atoms with Crippen molar-refractivity contribution in [3.8, 4) is 5.75 Å². The van der Waals surface area contributed by atoms with E-state index in [4.69, 9.17) is 0 Å². The molecule has 2 aliphatic heterocycles. The van der Waals surface area contributed by atoms with Crippen molar-refractivity contribution in [1.82, 2.24) is 9.91 Å². The van der Waals surface area contributed by atoms with Crippen molar-refractivity contribution >= 4 is 40.1 Å². The van der Waals surface area contributed by atoms with Gasteiger partial charge in [0.15, 0.2) is 0 Å². The molecule has 2 N–H and O–H groups in total. The molecule has 8 nitrogen and oxygen atoms in total. The van der Waals surface area contributed by atoms with Gasteiger partial charge in [-0.1, -0.05) is 90.0 Å². The topological polar surface area (TPSA) is 107 Å². The number of carbonyl (C=O) groups is 4. The van der Waals surface area contributed by atoms with Crippen LogP contribution in [-0.2, 0) is 24.6 Å². The van der Waals surface area contributed by atoms with Crippen LogP contribution in [0.3, 0.4) is 0 Å². The Hall–Kier alpha value is -5.24. The first kappa shape index (κ1) is 31.1. The number of hydrogen-bond donors (Lipinski definition) is 2. The van der Waals surface area contributed by atoms with Crippen molar-refractivity contribution in [2.24, 2.45) is 23.7 Å². The highest BCUT2D eigenvalue weighted by Gasteiger charge is 2.71. The quantitative estimate of drug-likeness (QED) is 0.189. The minimum atomic E-state index is -1.46. The van der Waals surface area contributed by atoms with E-state index in [0.29, 0.717) is 23.2 Å². The zero-order valence-corrected chi connectivity index (χ0v) is 28.0. The molecule has 8 heteroatoms.